The van der Waals surface area contributed by atoms with Crippen molar-refractivity contribution in [2.24, 2.45) is 4.99 Å². The van der Waals surface area contributed by atoms with Gasteiger partial charge in [-0.25, -0.2) is 4.99 Å². The molecule has 2 N–H and O–H groups in total. The number of aliphatic imine (C=N–C) groups is 1. The Kier molecular flexibility index (Phi) is 11.4. The van der Waals surface area contributed by atoms with E-state index in [0.29, 0.717) is 30.6 Å². The molecule has 0 aliphatic rings. The lowest BCUT2D eigenvalue weighted by Gasteiger charge is -2.14. The Morgan fingerprint density at radius 3 is 2.37 bits per heavy atom. The van der Waals surface area contributed by atoms with Crippen LogP contribution in [0.1, 0.15) is 24.5 Å². The number of hydrogen-bond acceptors (Lipinski definition) is 3. The molecule has 0 bridgehead atoms. The number of halogens is 4. The maximum absolute atomic E-state index is 12.3. The van der Waals surface area contributed by atoms with E-state index in [1.165, 1.54) is 0 Å². The number of methoxy groups -OCH3 is 1. The molecule has 0 aromatic heterocycles. The number of nitrogens with one attached hydrogen (secondary N) is 2. The van der Waals surface area contributed by atoms with Gasteiger partial charge < -0.3 is 20.1 Å². The lowest BCUT2D eigenvalue weighted by atomic mass is 10.2. The molecule has 0 heterocycles. The maximum Gasteiger partial charge on any atom is 0.390 e. The molecule has 0 saturated carbocycles. The minimum atomic E-state index is -4.20. The molecule has 0 radical (unpaired) electrons. The second-order valence-electron chi connectivity index (χ2n) is 6.25. The first kappa shape index (κ1) is 25.9. The van der Waals surface area contributed by atoms with Gasteiger partial charge in [-0.3, -0.25) is 0 Å². The first-order chi connectivity index (χ1) is 13.9. The van der Waals surface area contributed by atoms with E-state index in [4.69, 9.17) is 9.47 Å². The normalized spacial score (nSPS) is 11.4. The molecule has 0 atom stereocenters. The standard InChI is InChI=1S/C21H26F3N3O2.HI/c1-3-25-20(26-12-11-21(22,23)24)27-14-17-9-10-18(19(13-17)28-2)29-15-16-7-5-4-6-8-16;/h4-10,13H,3,11-12,14-15H2,1-2H3,(H2,25,26,27);1H. The molecule has 0 spiro atoms. The van der Waals surface area contributed by atoms with Crippen LogP contribution >= 0.6 is 24.0 Å². The second-order valence-corrected chi connectivity index (χ2v) is 6.25. The summed E-state index contributed by atoms with van der Waals surface area (Å²) >= 11 is 0. The van der Waals surface area contributed by atoms with Gasteiger partial charge in [0.05, 0.1) is 20.1 Å². The zero-order chi connectivity index (χ0) is 21.1. The van der Waals surface area contributed by atoms with E-state index in [-0.39, 0.29) is 37.1 Å². The Labute approximate surface area is 192 Å². The van der Waals surface area contributed by atoms with Crippen LogP contribution in [0.2, 0.25) is 0 Å². The van der Waals surface area contributed by atoms with Gasteiger partial charge in [0, 0.05) is 13.1 Å². The molecule has 9 heteroatoms. The highest BCUT2D eigenvalue weighted by molar-refractivity contribution is 14.0. The summed E-state index contributed by atoms with van der Waals surface area (Å²) in [6.45, 7) is 2.88. The largest absolute Gasteiger partial charge is 0.493 e. The van der Waals surface area contributed by atoms with Crippen molar-refractivity contribution in [3.8, 4) is 11.5 Å². The number of rotatable bonds is 9. The van der Waals surface area contributed by atoms with Crippen molar-refractivity contribution in [3.63, 3.8) is 0 Å². The van der Waals surface area contributed by atoms with E-state index in [0.717, 1.165) is 11.1 Å². The zero-order valence-electron chi connectivity index (χ0n) is 17.0. The van der Waals surface area contributed by atoms with E-state index in [1.54, 1.807) is 13.2 Å². The third-order valence-corrected chi connectivity index (χ3v) is 3.93. The van der Waals surface area contributed by atoms with Gasteiger partial charge in [0.15, 0.2) is 17.5 Å². The van der Waals surface area contributed by atoms with Crippen LogP contribution in [0.5, 0.6) is 11.5 Å². The van der Waals surface area contributed by atoms with Gasteiger partial charge in [-0.15, -0.1) is 24.0 Å². The van der Waals surface area contributed by atoms with Gasteiger partial charge in [0.2, 0.25) is 0 Å². The molecule has 0 aliphatic heterocycles. The number of guanidine groups is 1. The highest BCUT2D eigenvalue weighted by Gasteiger charge is 2.26. The van der Waals surface area contributed by atoms with Crippen molar-refractivity contribution in [1.82, 2.24) is 10.6 Å². The number of alkyl halides is 3. The number of hydrogen-bond donors (Lipinski definition) is 2. The third-order valence-electron chi connectivity index (χ3n) is 3.93. The number of benzene rings is 2. The fourth-order valence-electron chi connectivity index (χ4n) is 2.50. The van der Waals surface area contributed by atoms with Crippen molar-refractivity contribution in [1.29, 1.82) is 0 Å². The van der Waals surface area contributed by atoms with E-state index < -0.39 is 12.6 Å². The predicted octanol–water partition coefficient (Wildman–Crippen LogP) is 4.90. The van der Waals surface area contributed by atoms with Crippen molar-refractivity contribution >= 4 is 29.9 Å². The Hall–Kier alpha value is -2.17. The summed E-state index contributed by atoms with van der Waals surface area (Å²) in [4.78, 5) is 4.33. The van der Waals surface area contributed by atoms with E-state index >= 15 is 0 Å². The highest BCUT2D eigenvalue weighted by atomic mass is 127. The summed E-state index contributed by atoms with van der Waals surface area (Å²) in [5, 5.41) is 5.62. The smallest absolute Gasteiger partial charge is 0.390 e. The fraction of sp³-hybridized carbons (Fsp3) is 0.381. The Bertz CT molecular complexity index is 787. The average Bonchev–Trinajstić information content (AvgIpc) is 2.70. The van der Waals surface area contributed by atoms with Crippen LogP contribution < -0.4 is 20.1 Å². The summed E-state index contributed by atoms with van der Waals surface area (Å²) < 4.78 is 48.2. The minimum Gasteiger partial charge on any atom is -0.493 e. The van der Waals surface area contributed by atoms with E-state index in [9.17, 15) is 13.2 Å². The Morgan fingerprint density at radius 1 is 1.00 bits per heavy atom. The van der Waals surface area contributed by atoms with Gasteiger partial charge in [-0.1, -0.05) is 36.4 Å². The van der Waals surface area contributed by atoms with Crippen LogP contribution in [-0.4, -0.2) is 32.3 Å². The summed E-state index contributed by atoms with van der Waals surface area (Å²) in [6, 6.07) is 15.3. The van der Waals surface area contributed by atoms with Crippen molar-refractivity contribution < 1.29 is 22.6 Å². The van der Waals surface area contributed by atoms with Gasteiger partial charge >= 0.3 is 6.18 Å². The lowest BCUT2D eigenvalue weighted by Crippen LogP contribution is -2.38. The van der Waals surface area contributed by atoms with Crippen molar-refractivity contribution in [3.05, 3.63) is 59.7 Å². The predicted molar refractivity (Wildman–Crippen MR) is 123 cm³/mol. The van der Waals surface area contributed by atoms with Crippen LogP contribution in [0.4, 0.5) is 13.2 Å². The maximum atomic E-state index is 12.3. The molecule has 166 valence electrons. The molecule has 30 heavy (non-hydrogen) atoms. The van der Waals surface area contributed by atoms with Crippen LogP contribution in [0, 0.1) is 0 Å². The molecule has 0 aliphatic carbocycles. The topological polar surface area (TPSA) is 54.9 Å². The van der Waals surface area contributed by atoms with Crippen LogP contribution in [0.25, 0.3) is 0 Å². The van der Waals surface area contributed by atoms with Gasteiger partial charge in [-0.2, -0.15) is 13.2 Å². The summed E-state index contributed by atoms with van der Waals surface area (Å²) in [5.41, 5.74) is 1.89. The Morgan fingerprint density at radius 2 is 1.73 bits per heavy atom. The molecule has 2 rings (SSSR count). The van der Waals surface area contributed by atoms with Crippen LogP contribution in [0.15, 0.2) is 53.5 Å². The molecule has 0 saturated heterocycles. The summed E-state index contributed by atoms with van der Waals surface area (Å²) in [5.74, 6) is 1.52. The molecule has 2 aromatic carbocycles. The van der Waals surface area contributed by atoms with Crippen LogP contribution in [0.3, 0.4) is 0 Å². The van der Waals surface area contributed by atoms with Gasteiger partial charge in [0.1, 0.15) is 6.61 Å². The highest BCUT2D eigenvalue weighted by Crippen LogP contribution is 2.29. The van der Waals surface area contributed by atoms with Crippen molar-refractivity contribution in [2.75, 3.05) is 20.2 Å². The monoisotopic (exact) mass is 537 g/mol. The zero-order valence-corrected chi connectivity index (χ0v) is 19.3. The molecule has 0 amide bonds. The molecular weight excluding hydrogens is 510 g/mol. The van der Waals surface area contributed by atoms with E-state index in [2.05, 4.69) is 15.6 Å². The molecule has 0 fully saturated rings. The Balaban J connectivity index is 0.00000450. The number of ether oxygens (including phenoxy) is 2. The average molecular weight is 537 g/mol. The molecular formula is C21H27F3IN3O2. The van der Waals surface area contributed by atoms with Gasteiger partial charge in [-0.05, 0) is 30.2 Å². The molecule has 0 unspecified atom stereocenters. The third kappa shape index (κ3) is 9.55. The second kappa shape index (κ2) is 13.2. The summed E-state index contributed by atoms with van der Waals surface area (Å²) in [7, 11) is 1.56. The lowest BCUT2D eigenvalue weighted by molar-refractivity contribution is -0.132. The summed E-state index contributed by atoms with van der Waals surface area (Å²) in [6.07, 6.45) is -5.12. The fourth-order valence-corrected chi connectivity index (χ4v) is 2.50. The minimum absolute atomic E-state index is 0. The van der Waals surface area contributed by atoms with E-state index in [1.807, 2.05) is 49.4 Å². The molecule has 2 aromatic rings. The first-order valence-corrected chi connectivity index (χ1v) is 9.34. The molecule has 5 nitrogen and oxygen atoms in total. The van der Waals surface area contributed by atoms with Gasteiger partial charge in [0.25, 0.3) is 0 Å². The van der Waals surface area contributed by atoms with Crippen LogP contribution in [-0.2, 0) is 13.2 Å². The number of nitrogens with zero attached hydrogens (tertiary/aromatic N) is 1. The van der Waals surface area contributed by atoms with Crippen molar-refractivity contribution in [2.45, 2.75) is 32.7 Å². The quantitative estimate of drug-likeness (QED) is 0.272. The first-order valence-electron chi connectivity index (χ1n) is 9.34. The SMILES string of the molecule is CCNC(=NCc1ccc(OCc2ccccc2)c(OC)c1)NCCC(F)(F)F.I.